The van der Waals surface area contributed by atoms with Gasteiger partial charge in [-0.15, -0.1) is 0 Å². The lowest BCUT2D eigenvalue weighted by molar-refractivity contribution is 0.104. The van der Waals surface area contributed by atoms with Gasteiger partial charge >= 0.3 is 0 Å². The normalized spacial score (nSPS) is 10.6. The maximum atomic E-state index is 11.8. The number of phenolic OH excluding ortho intramolecular Hbond substituents is 1. The number of benzene rings is 2. The van der Waals surface area contributed by atoms with Crippen LogP contribution in [0.4, 0.5) is 0 Å². The molecule has 17 heavy (non-hydrogen) atoms. The van der Waals surface area contributed by atoms with Crippen LogP contribution in [0, 0.1) is 0 Å². The van der Waals surface area contributed by atoms with Crippen molar-refractivity contribution in [1.29, 1.82) is 0 Å². The van der Waals surface area contributed by atoms with E-state index >= 15 is 0 Å². The molecule has 0 unspecified atom stereocenters. The molecular weight excluding hydrogens is 212 g/mol. The van der Waals surface area contributed by atoms with Gasteiger partial charge in [-0.2, -0.15) is 0 Å². The molecular formula is C15H12O2. The molecule has 84 valence electrons. The van der Waals surface area contributed by atoms with E-state index in [1.165, 1.54) is 18.2 Å². The summed E-state index contributed by atoms with van der Waals surface area (Å²) >= 11 is 0. The van der Waals surface area contributed by atoms with Gasteiger partial charge in [0.25, 0.3) is 0 Å². The Kier molecular flexibility index (Phi) is 3.36. The van der Waals surface area contributed by atoms with Crippen LogP contribution in [0.3, 0.4) is 0 Å². The van der Waals surface area contributed by atoms with Crippen LogP contribution < -0.4 is 0 Å². The first-order chi connectivity index (χ1) is 8.25. The Morgan fingerprint density at radius 1 is 1.00 bits per heavy atom. The third-order valence-corrected chi connectivity index (χ3v) is 2.36. The average molecular weight is 224 g/mol. The van der Waals surface area contributed by atoms with E-state index in [0.29, 0.717) is 5.56 Å². The Hall–Kier alpha value is -2.35. The van der Waals surface area contributed by atoms with E-state index in [9.17, 15) is 9.90 Å². The maximum Gasteiger partial charge on any atom is 0.185 e. The first kappa shape index (κ1) is 11.1. The van der Waals surface area contributed by atoms with Crippen molar-refractivity contribution in [2.24, 2.45) is 0 Å². The highest BCUT2D eigenvalue weighted by molar-refractivity contribution is 6.07. The molecule has 2 aromatic carbocycles. The molecule has 0 amide bonds. The Labute approximate surface area is 99.8 Å². The van der Waals surface area contributed by atoms with E-state index in [1.807, 2.05) is 30.3 Å². The summed E-state index contributed by atoms with van der Waals surface area (Å²) in [5.74, 6) is -0.0197. The number of phenols is 1. The van der Waals surface area contributed by atoms with Crippen molar-refractivity contribution >= 4 is 11.9 Å². The van der Waals surface area contributed by atoms with Crippen molar-refractivity contribution in [2.75, 3.05) is 0 Å². The predicted octanol–water partition coefficient (Wildman–Crippen LogP) is 3.29. The third-order valence-electron chi connectivity index (χ3n) is 2.36. The second kappa shape index (κ2) is 5.12. The highest BCUT2D eigenvalue weighted by Gasteiger charge is 2.01. The molecule has 0 heterocycles. The highest BCUT2D eigenvalue weighted by atomic mass is 16.3. The fraction of sp³-hybridized carbons (Fsp3) is 0. The molecule has 0 saturated carbocycles. The number of hydrogen-bond acceptors (Lipinski definition) is 2. The summed E-state index contributed by atoms with van der Waals surface area (Å²) < 4.78 is 0. The van der Waals surface area contributed by atoms with Crippen molar-refractivity contribution in [3.63, 3.8) is 0 Å². The van der Waals surface area contributed by atoms with E-state index in [-0.39, 0.29) is 11.5 Å². The number of hydrogen-bond donors (Lipinski definition) is 1. The van der Waals surface area contributed by atoms with Gasteiger partial charge in [-0.1, -0.05) is 48.5 Å². The zero-order chi connectivity index (χ0) is 12.1. The molecule has 0 fully saturated rings. The molecule has 0 aromatic heterocycles. The van der Waals surface area contributed by atoms with Crippen LogP contribution in [-0.4, -0.2) is 10.9 Å². The van der Waals surface area contributed by atoms with Crippen molar-refractivity contribution in [2.45, 2.75) is 0 Å². The van der Waals surface area contributed by atoms with Gasteiger partial charge in [0, 0.05) is 5.56 Å². The lowest BCUT2D eigenvalue weighted by Crippen LogP contribution is -1.92. The topological polar surface area (TPSA) is 37.3 Å². The van der Waals surface area contributed by atoms with Crippen molar-refractivity contribution in [3.8, 4) is 5.75 Å². The van der Waals surface area contributed by atoms with E-state index in [1.54, 1.807) is 18.2 Å². The zero-order valence-corrected chi connectivity index (χ0v) is 9.21. The molecule has 0 atom stereocenters. The molecule has 2 nitrogen and oxygen atoms in total. The molecule has 1 N–H and O–H groups in total. The predicted molar refractivity (Wildman–Crippen MR) is 67.9 cm³/mol. The van der Waals surface area contributed by atoms with Gasteiger partial charge in [0.05, 0.1) is 0 Å². The summed E-state index contributed by atoms with van der Waals surface area (Å²) in [4.78, 5) is 11.8. The van der Waals surface area contributed by atoms with E-state index in [4.69, 9.17) is 0 Å². The van der Waals surface area contributed by atoms with Gasteiger partial charge in [0.2, 0.25) is 0 Å². The Bertz CT molecular complexity index is 542. The summed E-state index contributed by atoms with van der Waals surface area (Å²) in [6, 6.07) is 15.9. The van der Waals surface area contributed by atoms with Crippen LogP contribution in [0.15, 0.2) is 60.7 Å². The number of carbonyl (C=O) groups is 1. The summed E-state index contributed by atoms with van der Waals surface area (Å²) in [6.45, 7) is 0. The number of aromatic hydroxyl groups is 1. The minimum Gasteiger partial charge on any atom is -0.508 e. The summed E-state index contributed by atoms with van der Waals surface area (Å²) in [5, 5.41) is 9.27. The van der Waals surface area contributed by atoms with Gasteiger partial charge in [-0.25, -0.2) is 0 Å². The van der Waals surface area contributed by atoms with Gasteiger partial charge in [0.1, 0.15) is 5.75 Å². The van der Waals surface area contributed by atoms with E-state index in [2.05, 4.69) is 0 Å². The molecule has 2 rings (SSSR count). The monoisotopic (exact) mass is 224 g/mol. The Balaban J connectivity index is 2.15. The summed E-state index contributed by atoms with van der Waals surface area (Å²) in [7, 11) is 0. The molecule has 2 aromatic rings. The Morgan fingerprint density at radius 2 is 1.76 bits per heavy atom. The van der Waals surface area contributed by atoms with E-state index in [0.717, 1.165) is 5.56 Å². The third kappa shape index (κ3) is 3.05. The number of carbonyl (C=O) groups excluding carboxylic acids is 1. The summed E-state index contributed by atoms with van der Waals surface area (Å²) in [5.41, 5.74) is 1.46. The number of ketones is 1. The molecule has 2 heteroatoms. The first-order valence-electron chi connectivity index (χ1n) is 5.32. The largest absolute Gasteiger partial charge is 0.508 e. The molecule has 0 spiro atoms. The lowest BCUT2D eigenvalue weighted by atomic mass is 10.1. The van der Waals surface area contributed by atoms with Crippen LogP contribution in [0.2, 0.25) is 0 Å². The quantitative estimate of drug-likeness (QED) is 0.641. The second-order valence-electron chi connectivity index (χ2n) is 3.66. The summed E-state index contributed by atoms with van der Waals surface area (Å²) in [6.07, 6.45) is 3.26. The van der Waals surface area contributed by atoms with Gasteiger partial charge in [0.15, 0.2) is 5.78 Å². The van der Waals surface area contributed by atoms with Gasteiger partial charge in [-0.3, -0.25) is 4.79 Å². The van der Waals surface area contributed by atoms with Crippen molar-refractivity contribution in [3.05, 3.63) is 71.8 Å². The molecule has 0 aliphatic heterocycles. The highest BCUT2D eigenvalue weighted by Crippen LogP contribution is 2.12. The lowest BCUT2D eigenvalue weighted by Gasteiger charge is -1.96. The SMILES string of the molecule is O=C(C=Cc1ccccc1)c1cccc(O)c1. The minimum atomic E-state index is -0.121. The fourth-order valence-electron chi connectivity index (χ4n) is 1.49. The standard InChI is InChI=1S/C15H12O2/c16-14-8-4-7-13(11-14)15(17)10-9-12-5-2-1-3-6-12/h1-11,16H. The van der Waals surface area contributed by atoms with Crippen LogP contribution in [0.25, 0.3) is 6.08 Å². The molecule has 0 bridgehead atoms. The molecule has 0 radical (unpaired) electrons. The average Bonchev–Trinajstić information content (AvgIpc) is 2.37. The molecule has 0 saturated heterocycles. The van der Waals surface area contributed by atoms with Crippen LogP contribution in [0.5, 0.6) is 5.75 Å². The number of allylic oxidation sites excluding steroid dienone is 1. The minimum absolute atomic E-state index is 0.101. The fourth-order valence-corrected chi connectivity index (χ4v) is 1.49. The zero-order valence-electron chi connectivity index (χ0n) is 9.21. The van der Waals surface area contributed by atoms with E-state index < -0.39 is 0 Å². The number of rotatable bonds is 3. The van der Waals surface area contributed by atoms with Gasteiger partial charge in [-0.05, 0) is 23.8 Å². The van der Waals surface area contributed by atoms with Crippen molar-refractivity contribution in [1.82, 2.24) is 0 Å². The first-order valence-corrected chi connectivity index (χ1v) is 5.32. The Morgan fingerprint density at radius 3 is 2.47 bits per heavy atom. The van der Waals surface area contributed by atoms with Crippen LogP contribution in [-0.2, 0) is 0 Å². The van der Waals surface area contributed by atoms with Gasteiger partial charge < -0.3 is 5.11 Å². The van der Waals surface area contributed by atoms with Crippen LogP contribution in [0.1, 0.15) is 15.9 Å². The molecule has 0 aliphatic rings. The maximum absolute atomic E-state index is 11.8. The smallest absolute Gasteiger partial charge is 0.185 e. The second-order valence-corrected chi connectivity index (χ2v) is 3.66. The van der Waals surface area contributed by atoms with Crippen LogP contribution >= 0.6 is 0 Å². The van der Waals surface area contributed by atoms with Crippen molar-refractivity contribution < 1.29 is 9.90 Å². The molecule has 0 aliphatic carbocycles.